The number of amides is 2. The van der Waals surface area contributed by atoms with Crippen LogP contribution in [0.4, 0.5) is 18.9 Å². The predicted octanol–water partition coefficient (Wildman–Crippen LogP) is 2.67. The standard InChI is InChI=1S/C20H28F3N3O4/c1-12-9-24-13(2)11-30-16-6-5-14(25-18(27)8-20(21,22)23)7-15(16)19(28)26(3)10-17(12)29-4/h5-7,12-13,17,24H,8-11H2,1-4H3,(H,25,27)/t12-,13-,17+/m1/s1. The van der Waals surface area contributed by atoms with E-state index in [4.69, 9.17) is 9.47 Å². The van der Waals surface area contributed by atoms with E-state index in [-0.39, 0.29) is 47.6 Å². The summed E-state index contributed by atoms with van der Waals surface area (Å²) >= 11 is 0. The number of ether oxygens (including phenoxy) is 2. The molecule has 0 bridgehead atoms. The van der Waals surface area contributed by atoms with Crippen LogP contribution in [0.25, 0.3) is 0 Å². The van der Waals surface area contributed by atoms with E-state index in [1.54, 1.807) is 14.2 Å². The second-order valence-corrected chi connectivity index (χ2v) is 7.61. The summed E-state index contributed by atoms with van der Waals surface area (Å²) in [5, 5.41) is 5.54. The van der Waals surface area contributed by atoms with Crippen LogP contribution in [0, 0.1) is 5.92 Å². The van der Waals surface area contributed by atoms with E-state index in [0.29, 0.717) is 13.1 Å². The van der Waals surface area contributed by atoms with Crippen LogP contribution in [0.1, 0.15) is 30.6 Å². The zero-order valence-electron chi connectivity index (χ0n) is 17.5. The van der Waals surface area contributed by atoms with Crippen molar-refractivity contribution in [3.8, 4) is 5.75 Å². The summed E-state index contributed by atoms with van der Waals surface area (Å²) in [5.74, 6) is -1.17. The molecule has 2 amide bonds. The van der Waals surface area contributed by atoms with E-state index in [2.05, 4.69) is 10.6 Å². The Balaban J connectivity index is 2.31. The molecule has 2 N–H and O–H groups in total. The lowest BCUT2D eigenvalue weighted by molar-refractivity contribution is -0.150. The van der Waals surface area contributed by atoms with Crippen molar-refractivity contribution >= 4 is 17.5 Å². The number of likely N-dealkylation sites (N-methyl/N-ethyl adjacent to an activating group) is 1. The van der Waals surface area contributed by atoms with E-state index >= 15 is 0 Å². The molecule has 1 aromatic rings. The number of benzene rings is 1. The molecule has 2 rings (SSSR count). The molecule has 7 nitrogen and oxygen atoms in total. The van der Waals surface area contributed by atoms with E-state index in [1.165, 1.54) is 23.1 Å². The average molecular weight is 431 g/mol. The first-order chi connectivity index (χ1) is 14.0. The van der Waals surface area contributed by atoms with E-state index in [1.807, 2.05) is 13.8 Å². The van der Waals surface area contributed by atoms with Crippen molar-refractivity contribution in [2.24, 2.45) is 5.92 Å². The Kier molecular flexibility index (Phi) is 8.08. The molecule has 1 aliphatic heterocycles. The molecule has 3 atom stereocenters. The quantitative estimate of drug-likeness (QED) is 0.769. The second kappa shape index (κ2) is 10.1. The van der Waals surface area contributed by atoms with Gasteiger partial charge in [-0.2, -0.15) is 13.2 Å². The Bertz CT molecular complexity index is 757. The van der Waals surface area contributed by atoms with Gasteiger partial charge in [-0.05, 0) is 31.0 Å². The van der Waals surface area contributed by atoms with Crippen molar-refractivity contribution < 1.29 is 32.2 Å². The number of halogens is 3. The van der Waals surface area contributed by atoms with Gasteiger partial charge in [0.05, 0.1) is 11.7 Å². The zero-order chi connectivity index (χ0) is 22.5. The van der Waals surface area contributed by atoms with Crippen molar-refractivity contribution in [1.29, 1.82) is 0 Å². The molecule has 0 saturated carbocycles. The molecule has 0 spiro atoms. The lowest BCUT2D eigenvalue weighted by atomic mass is 10.0. The number of nitrogens with one attached hydrogen (secondary N) is 2. The Hall–Kier alpha value is -2.33. The van der Waals surface area contributed by atoms with Crippen LogP contribution in [-0.4, -0.2) is 68.9 Å². The number of carbonyl (C=O) groups is 2. The minimum absolute atomic E-state index is 0.00349. The van der Waals surface area contributed by atoms with Gasteiger partial charge in [0.15, 0.2) is 0 Å². The van der Waals surface area contributed by atoms with Gasteiger partial charge in [-0.1, -0.05) is 6.92 Å². The maximum atomic E-state index is 13.1. The third-order valence-corrected chi connectivity index (χ3v) is 4.87. The van der Waals surface area contributed by atoms with Crippen molar-refractivity contribution in [2.75, 3.05) is 39.2 Å². The van der Waals surface area contributed by atoms with Crippen molar-refractivity contribution in [3.63, 3.8) is 0 Å². The van der Waals surface area contributed by atoms with Crippen LogP contribution in [-0.2, 0) is 9.53 Å². The van der Waals surface area contributed by atoms with Gasteiger partial charge < -0.3 is 25.0 Å². The molecule has 1 aromatic carbocycles. The Labute approximate surface area is 173 Å². The molecule has 10 heteroatoms. The van der Waals surface area contributed by atoms with Gasteiger partial charge in [0.1, 0.15) is 18.8 Å². The van der Waals surface area contributed by atoms with Crippen LogP contribution in [0.3, 0.4) is 0 Å². The van der Waals surface area contributed by atoms with Gasteiger partial charge >= 0.3 is 6.18 Å². The lowest BCUT2D eigenvalue weighted by Gasteiger charge is -2.30. The first-order valence-electron chi connectivity index (χ1n) is 9.65. The van der Waals surface area contributed by atoms with Crippen LogP contribution in [0.15, 0.2) is 18.2 Å². The van der Waals surface area contributed by atoms with Crippen molar-refractivity contribution in [2.45, 2.75) is 38.6 Å². The highest BCUT2D eigenvalue weighted by Crippen LogP contribution is 2.27. The van der Waals surface area contributed by atoms with Gasteiger partial charge in [-0.15, -0.1) is 0 Å². The van der Waals surface area contributed by atoms with Crippen molar-refractivity contribution in [1.82, 2.24) is 10.2 Å². The third kappa shape index (κ3) is 6.88. The number of methoxy groups -OCH3 is 1. The summed E-state index contributed by atoms with van der Waals surface area (Å²) in [6.45, 7) is 5.24. The monoisotopic (exact) mass is 431 g/mol. The molecular formula is C20H28F3N3O4. The van der Waals surface area contributed by atoms with Gasteiger partial charge in [0.25, 0.3) is 5.91 Å². The maximum absolute atomic E-state index is 13.1. The number of hydrogen-bond acceptors (Lipinski definition) is 5. The van der Waals surface area contributed by atoms with E-state index in [0.717, 1.165) is 0 Å². The molecule has 0 saturated heterocycles. The Morgan fingerprint density at radius 1 is 1.37 bits per heavy atom. The fourth-order valence-corrected chi connectivity index (χ4v) is 3.13. The van der Waals surface area contributed by atoms with Gasteiger partial charge in [0, 0.05) is 39.0 Å². The Morgan fingerprint density at radius 2 is 2.07 bits per heavy atom. The minimum atomic E-state index is -4.62. The molecule has 0 aliphatic carbocycles. The highest BCUT2D eigenvalue weighted by Gasteiger charge is 2.31. The maximum Gasteiger partial charge on any atom is 0.397 e. The molecular weight excluding hydrogens is 403 g/mol. The fourth-order valence-electron chi connectivity index (χ4n) is 3.13. The number of alkyl halides is 3. The summed E-state index contributed by atoms with van der Waals surface area (Å²) in [6.07, 6.45) is -6.43. The number of anilines is 1. The van der Waals surface area contributed by atoms with Crippen LogP contribution < -0.4 is 15.4 Å². The second-order valence-electron chi connectivity index (χ2n) is 7.61. The largest absolute Gasteiger partial charge is 0.491 e. The Morgan fingerprint density at radius 3 is 2.70 bits per heavy atom. The highest BCUT2D eigenvalue weighted by atomic mass is 19.4. The van der Waals surface area contributed by atoms with Crippen molar-refractivity contribution in [3.05, 3.63) is 23.8 Å². The topological polar surface area (TPSA) is 79.9 Å². The average Bonchev–Trinajstić information content (AvgIpc) is 2.66. The molecule has 1 aliphatic rings. The molecule has 1 heterocycles. The minimum Gasteiger partial charge on any atom is -0.491 e. The lowest BCUT2D eigenvalue weighted by Crippen LogP contribution is -2.44. The number of nitrogens with zero attached hydrogens (tertiary/aromatic N) is 1. The molecule has 168 valence electrons. The van der Waals surface area contributed by atoms with E-state index in [9.17, 15) is 22.8 Å². The molecule has 0 aromatic heterocycles. The zero-order valence-corrected chi connectivity index (χ0v) is 17.5. The van der Waals surface area contributed by atoms with Gasteiger partial charge in [0.2, 0.25) is 5.91 Å². The first-order valence-corrected chi connectivity index (χ1v) is 9.65. The van der Waals surface area contributed by atoms with Gasteiger partial charge in [-0.25, -0.2) is 0 Å². The molecule has 0 radical (unpaired) electrons. The fraction of sp³-hybridized carbons (Fsp3) is 0.600. The van der Waals surface area contributed by atoms with E-state index < -0.39 is 18.5 Å². The molecule has 0 unspecified atom stereocenters. The van der Waals surface area contributed by atoms with Crippen LogP contribution in [0.2, 0.25) is 0 Å². The summed E-state index contributed by atoms with van der Waals surface area (Å²) in [5.41, 5.74) is 0.237. The SMILES string of the molecule is CO[C@H]1CN(C)C(=O)c2cc(NC(=O)CC(F)(F)F)ccc2OC[C@@H](C)NC[C@H]1C. The number of rotatable bonds is 3. The third-order valence-electron chi connectivity index (χ3n) is 4.87. The number of fused-ring (bicyclic) bond motifs is 1. The highest BCUT2D eigenvalue weighted by molar-refractivity contribution is 5.99. The molecule has 0 fully saturated rings. The summed E-state index contributed by atoms with van der Waals surface area (Å²) in [4.78, 5) is 26.1. The number of hydrogen-bond donors (Lipinski definition) is 2. The molecule has 30 heavy (non-hydrogen) atoms. The predicted molar refractivity (Wildman–Crippen MR) is 106 cm³/mol. The van der Waals surface area contributed by atoms with Gasteiger partial charge in [-0.3, -0.25) is 9.59 Å². The van der Waals surface area contributed by atoms with Crippen LogP contribution >= 0.6 is 0 Å². The summed E-state index contributed by atoms with van der Waals surface area (Å²) in [7, 11) is 3.20. The normalized spacial score (nSPS) is 23.6. The summed E-state index contributed by atoms with van der Waals surface area (Å²) < 4.78 is 48.6. The smallest absolute Gasteiger partial charge is 0.397 e. The first kappa shape index (κ1) is 23.9. The summed E-state index contributed by atoms with van der Waals surface area (Å²) in [6, 6.07) is 4.21. The number of carbonyl (C=O) groups excluding carboxylic acids is 2. The van der Waals surface area contributed by atoms with Crippen LogP contribution in [0.5, 0.6) is 5.75 Å².